The van der Waals surface area contributed by atoms with Crippen molar-refractivity contribution in [1.82, 2.24) is 14.5 Å². The molecule has 0 amide bonds. The first-order chi connectivity index (χ1) is 10.7. The van der Waals surface area contributed by atoms with Crippen LogP contribution in [0.1, 0.15) is 38.6 Å². The number of nitriles is 1. The van der Waals surface area contributed by atoms with Crippen molar-refractivity contribution in [1.29, 1.82) is 5.26 Å². The average molecular weight is 298 g/mol. The van der Waals surface area contributed by atoms with Crippen LogP contribution < -0.4 is 5.69 Å². The van der Waals surface area contributed by atoms with E-state index in [1.807, 2.05) is 28.8 Å². The lowest BCUT2D eigenvalue weighted by molar-refractivity contribution is 0.138. The van der Waals surface area contributed by atoms with E-state index in [4.69, 9.17) is 5.26 Å². The van der Waals surface area contributed by atoms with Gasteiger partial charge in [-0.15, -0.1) is 0 Å². The monoisotopic (exact) mass is 298 g/mol. The SMILES string of the molecule is CC(CCC#N)N1CCC(n2c(=O)[nH]c3ccccc32)CC1. The second-order valence-corrected chi connectivity index (χ2v) is 6.13. The normalized spacial score (nSPS) is 18.4. The van der Waals surface area contributed by atoms with E-state index < -0.39 is 0 Å². The van der Waals surface area contributed by atoms with E-state index in [9.17, 15) is 4.79 Å². The maximum atomic E-state index is 12.3. The van der Waals surface area contributed by atoms with Gasteiger partial charge in [-0.1, -0.05) is 12.1 Å². The summed E-state index contributed by atoms with van der Waals surface area (Å²) in [5.41, 5.74) is 1.91. The molecule has 22 heavy (non-hydrogen) atoms. The predicted molar refractivity (Wildman–Crippen MR) is 86.7 cm³/mol. The number of nitrogens with one attached hydrogen (secondary N) is 1. The number of imidazole rings is 1. The number of aromatic amines is 1. The molecule has 0 bridgehead atoms. The number of hydrogen-bond acceptors (Lipinski definition) is 3. The van der Waals surface area contributed by atoms with Gasteiger partial charge < -0.3 is 9.88 Å². The quantitative estimate of drug-likeness (QED) is 0.943. The molecule has 1 atom stereocenters. The van der Waals surface area contributed by atoms with E-state index in [0.29, 0.717) is 12.5 Å². The molecular formula is C17H22N4O. The molecular weight excluding hydrogens is 276 g/mol. The molecule has 1 aliphatic heterocycles. The Balaban J connectivity index is 1.72. The number of benzene rings is 1. The van der Waals surface area contributed by atoms with Crippen molar-refractivity contribution in [3.8, 4) is 6.07 Å². The van der Waals surface area contributed by atoms with Crippen LogP contribution in [0.15, 0.2) is 29.1 Å². The van der Waals surface area contributed by atoms with E-state index in [0.717, 1.165) is 43.4 Å². The van der Waals surface area contributed by atoms with Crippen molar-refractivity contribution in [3.63, 3.8) is 0 Å². The van der Waals surface area contributed by atoms with Crippen molar-refractivity contribution in [2.24, 2.45) is 0 Å². The summed E-state index contributed by atoms with van der Waals surface area (Å²) in [7, 11) is 0. The van der Waals surface area contributed by atoms with Gasteiger partial charge in [0.2, 0.25) is 0 Å². The van der Waals surface area contributed by atoms with E-state index in [1.54, 1.807) is 0 Å². The molecule has 0 spiro atoms. The third-order valence-electron chi connectivity index (χ3n) is 4.79. The number of rotatable bonds is 4. The van der Waals surface area contributed by atoms with Crippen LogP contribution in [0.4, 0.5) is 0 Å². The van der Waals surface area contributed by atoms with Crippen molar-refractivity contribution >= 4 is 11.0 Å². The molecule has 1 aliphatic rings. The van der Waals surface area contributed by atoms with Gasteiger partial charge in [-0.05, 0) is 38.3 Å². The first-order valence-electron chi connectivity index (χ1n) is 8.01. The number of aromatic nitrogens is 2. The predicted octanol–water partition coefficient (Wildman–Crippen LogP) is 2.66. The van der Waals surface area contributed by atoms with E-state index >= 15 is 0 Å². The molecule has 0 aliphatic carbocycles. The lowest BCUT2D eigenvalue weighted by Crippen LogP contribution is -2.41. The molecule has 5 heteroatoms. The minimum absolute atomic E-state index is 0.00261. The third-order valence-corrected chi connectivity index (χ3v) is 4.79. The van der Waals surface area contributed by atoms with Gasteiger partial charge in [0.05, 0.1) is 17.1 Å². The summed E-state index contributed by atoms with van der Waals surface area (Å²) in [6.45, 7) is 4.17. The molecule has 1 fully saturated rings. The smallest absolute Gasteiger partial charge is 0.306 e. The Morgan fingerprint density at radius 2 is 2.09 bits per heavy atom. The van der Waals surface area contributed by atoms with Crippen LogP contribution in [0, 0.1) is 11.3 Å². The topological polar surface area (TPSA) is 64.8 Å². The molecule has 1 N–H and O–H groups in total. The zero-order chi connectivity index (χ0) is 15.5. The van der Waals surface area contributed by atoms with Crippen molar-refractivity contribution in [3.05, 3.63) is 34.7 Å². The summed E-state index contributed by atoms with van der Waals surface area (Å²) in [4.78, 5) is 17.6. The van der Waals surface area contributed by atoms with E-state index in [-0.39, 0.29) is 11.7 Å². The fourth-order valence-corrected chi connectivity index (χ4v) is 3.48. The number of nitrogens with zero attached hydrogens (tertiary/aromatic N) is 3. The van der Waals surface area contributed by atoms with Crippen LogP contribution in [-0.2, 0) is 0 Å². The number of H-pyrrole nitrogens is 1. The van der Waals surface area contributed by atoms with Crippen LogP contribution in [-0.4, -0.2) is 33.6 Å². The van der Waals surface area contributed by atoms with Crippen LogP contribution in [0.25, 0.3) is 11.0 Å². The molecule has 1 saturated heterocycles. The molecule has 0 saturated carbocycles. The maximum absolute atomic E-state index is 12.3. The maximum Gasteiger partial charge on any atom is 0.326 e. The Bertz CT molecular complexity index is 731. The average Bonchev–Trinajstić information content (AvgIpc) is 2.88. The fourth-order valence-electron chi connectivity index (χ4n) is 3.48. The molecule has 0 radical (unpaired) electrons. The summed E-state index contributed by atoms with van der Waals surface area (Å²) in [6, 6.07) is 10.8. The van der Waals surface area contributed by atoms with Crippen molar-refractivity contribution < 1.29 is 0 Å². The zero-order valence-corrected chi connectivity index (χ0v) is 13.0. The van der Waals surface area contributed by atoms with Crippen LogP contribution >= 0.6 is 0 Å². The van der Waals surface area contributed by atoms with Crippen molar-refractivity contribution in [2.45, 2.75) is 44.7 Å². The van der Waals surface area contributed by atoms with Gasteiger partial charge >= 0.3 is 5.69 Å². The summed E-state index contributed by atoms with van der Waals surface area (Å²) in [5.74, 6) is 0. The molecule has 1 unspecified atom stereocenters. The Hall–Kier alpha value is -2.06. The lowest BCUT2D eigenvalue weighted by Gasteiger charge is -2.36. The highest BCUT2D eigenvalue weighted by Crippen LogP contribution is 2.26. The highest BCUT2D eigenvalue weighted by molar-refractivity contribution is 5.75. The summed E-state index contributed by atoms with van der Waals surface area (Å²) >= 11 is 0. The van der Waals surface area contributed by atoms with Gasteiger partial charge in [-0.2, -0.15) is 5.26 Å². The highest BCUT2D eigenvalue weighted by Gasteiger charge is 2.25. The number of fused-ring (bicyclic) bond motifs is 1. The first kappa shape index (κ1) is 14.9. The van der Waals surface area contributed by atoms with Crippen LogP contribution in [0.2, 0.25) is 0 Å². The first-order valence-corrected chi connectivity index (χ1v) is 8.01. The molecule has 116 valence electrons. The zero-order valence-electron chi connectivity index (χ0n) is 13.0. The molecule has 2 aromatic rings. The largest absolute Gasteiger partial charge is 0.326 e. The molecule has 3 rings (SSSR count). The van der Waals surface area contributed by atoms with Crippen LogP contribution in [0.3, 0.4) is 0 Å². The summed E-state index contributed by atoms with van der Waals surface area (Å²) in [5, 5.41) is 8.70. The number of hydrogen-bond donors (Lipinski definition) is 1. The van der Waals surface area contributed by atoms with Crippen LogP contribution in [0.5, 0.6) is 0 Å². The fraction of sp³-hybridized carbons (Fsp3) is 0.529. The van der Waals surface area contributed by atoms with Gasteiger partial charge in [0.1, 0.15) is 0 Å². The highest BCUT2D eigenvalue weighted by atomic mass is 16.1. The van der Waals surface area contributed by atoms with Gasteiger partial charge in [0.15, 0.2) is 0 Å². The Kier molecular flexibility index (Phi) is 4.30. The Morgan fingerprint density at radius 1 is 1.36 bits per heavy atom. The molecule has 5 nitrogen and oxygen atoms in total. The Morgan fingerprint density at radius 3 is 2.82 bits per heavy atom. The number of piperidine rings is 1. The van der Waals surface area contributed by atoms with Gasteiger partial charge in [-0.25, -0.2) is 4.79 Å². The number of para-hydroxylation sites is 2. The second-order valence-electron chi connectivity index (χ2n) is 6.13. The minimum atomic E-state index is -0.00261. The standard InChI is InChI=1S/C17H22N4O/c1-13(5-4-10-18)20-11-8-14(9-12-20)21-16-7-3-2-6-15(16)19-17(21)22/h2-3,6-7,13-14H,4-5,8-9,11-12H2,1H3,(H,19,22). The van der Waals surface area contributed by atoms with Crippen molar-refractivity contribution in [2.75, 3.05) is 13.1 Å². The van der Waals surface area contributed by atoms with E-state index in [2.05, 4.69) is 22.9 Å². The molecule has 2 heterocycles. The van der Waals surface area contributed by atoms with Gasteiger partial charge in [0.25, 0.3) is 0 Å². The summed E-state index contributed by atoms with van der Waals surface area (Å²) in [6.07, 6.45) is 3.51. The number of likely N-dealkylation sites (tertiary alicyclic amines) is 1. The minimum Gasteiger partial charge on any atom is -0.306 e. The molecule has 1 aromatic carbocycles. The van der Waals surface area contributed by atoms with Gasteiger partial charge in [0, 0.05) is 31.6 Å². The molecule has 1 aromatic heterocycles. The van der Waals surface area contributed by atoms with E-state index in [1.165, 1.54) is 0 Å². The van der Waals surface area contributed by atoms with Gasteiger partial charge in [-0.3, -0.25) is 4.57 Å². The second kappa shape index (κ2) is 6.37. The third kappa shape index (κ3) is 2.79. The lowest BCUT2D eigenvalue weighted by atomic mass is 10.0. The summed E-state index contributed by atoms with van der Waals surface area (Å²) < 4.78 is 1.92. The Labute approximate surface area is 130 Å².